The van der Waals surface area contributed by atoms with Crippen molar-refractivity contribution in [3.8, 4) is 50.7 Å². The van der Waals surface area contributed by atoms with Crippen molar-refractivity contribution in [3.05, 3.63) is 223 Å². The van der Waals surface area contributed by atoms with Crippen LogP contribution in [0.4, 0.5) is 22.7 Å². The van der Waals surface area contributed by atoms with Crippen molar-refractivity contribution in [2.24, 2.45) is 0 Å². The molecule has 0 bridgehead atoms. The molecule has 0 N–H and O–H groups in total. The predicted octanol–water partition coefficient (Wildman–Crippen LogP) is 18.9. The van der Waals surface area contributed by atoms with Crippen LogP contribution < -0.4 is 14.5 Å². The molecule has 2 aliphatic rings. The fourth-order valence-electron chi connectivity index (χ4n) is 10.8. The van der Waals surface area contributed by atoms with Crippen LogP contribution in [-0.2, 0) is 42.7 Å². The monoisotopic (exact) mass is 1190 g/mol. The van der Waals surface area contributed by atoms with Crippen LogP contribution in [0.5, 0.6) is 11.5 Å². The number of ether oxygens (including phenoxy) is 1. The third-order valence-electron chi connectivity index (χ3n) is 15.0. The fourth-order valence-corrected chi connectivity index (χ4v) is 10.8. The molecule has 0 amide bonds. The van der Waals surface area contributed by atoms with Crippen LogP contribution in [-0.4, -0.2) is 9.55 Å². The van der Waals surface area contributed by atoms with Gasteiger partial charge in [0.2, 0.25) is 0 Å². The van der Waals surface area contributed by atoms with Gasteiger partial charge < -0.3 is 19.1 Å². The summed E-state index contributed by atoms with van der Waals surface area (Å²) in [4.78, 5) is 8.83. The number of hydrogen-bond acceptors (Lipinski definition) is 4. The third kappa shape index (κ3) is 9.05. The molecule has 384 valence electrons. The first-order chi connectivity index (χ1) is 41.7. The summed E-state index contributed by atoms with van der Waals surface area (Å²) in [6.07, 6.45) is 3.46. The number of nitrogens with zero attached hydrogens (tertiary/aromatic N) is 4. The van der Waals surface area contributed by atoms with E-state index in [4.69, 9.17) is 24.8 Å². The molecule has 0 unspecified atom stereocenters. The Morgan fingerprint density at radius 2 is 1.20 bits per heavy atom. The van der Waals surface area contributed by atoms with E-state index in [1.165, 1.54) is 17.3 Å². The molecule has 1 aliphatic carbocycles. The molecule has 5 nitrogen and oxygen atoms in total. The van der Waals surface area contributed by atoms with Crippen molar-refractivity contribution in [2.75, 3.05) is 9.80 Å². The average Bonchev–Trinajstić information content (AvgIpc) is 1.42. The molecule has 6 heteroatoms. The van der Waals surface area contributed by atoms with Crippen molar-refractivity contribution in [1.29, 1.82) is 0 Å². The maximum absolute atomic E-state index is 9.46. The van der Waals surface area contributed by atoms with E-state index >= 15 is 0 Å². The summed E-state index contributed by atoms with van der Waals surface area (Å²) in [6, 6.07) is 30.3. The molecule has 1 aliphatic heterocycles. The van der Waals surface area contributed by atoms with E-state index < -0.39 is 71.3 Å². The summed E-state index contributed by atoms with van der Waals surface area (Å²) in [7, 11) is 0. The first-order valence-corrected chi connectivity index (χ1v) is 25.4. The second-order valence-corrected chi connectivity index (χ2v) is 23.0. The molecule has 0 radical (unpaired) electrons. The molecule has 0 saturated heterocycles. The predicted molar refractivity (Wildman–Crippen MR) is 313 cm³/mol. The maximum Gasteiger partial charge on any atom is 0.135 e. The van der Waals surface area contributed by atoms with Gasteiger partial charge in [0.1, 0.15) is 5.82 Å². The Morgan fingerprint density at radius 1 is 0.579 bits per heavy atom. The molecule has 0 saturated carbocycles. The summed E-state index contributed by atoms with van der Waals surface area (Å²) in [5, 5.41) is 0.643. The van der Waals surface area contributed by atoms with Crippen LogP contribution in [0.1, 0.15) is 124 Å². The molecule has 10 aromatic rings. The van der Waals surface area contributed by atoms with Gasteiger partial charge in [-0.25, -0.2) is 4.98 Å². The number of anilines is 4. The molecular weight excluding hydrogens is 1110 g/mol. The number of hydrogen-bond donors (Lipinski definition) is 0. The Hall–Kier alpha value is -7.20. The van der Waals surface area contributed by atoms with Gasteiger partial charge >= 0.3 is 0 Å². The summed E-state index contributed by atoms with van der Waals surface area (Å²) in [5.41, 5.74) is 8.25. The van der Waals surface area contributed by atoms with E-state index in [9.17, 15) is 4.11 Å². The van der Waals surface area contributed by atoms with Gasteiger partial charge in [0, 0.05) is 78.0 Å². The molecule has 12 rings (SSSR count). The molecule has 0 spiro atoms. The Balaban J connectivity index is 0.00000833. The number of fused-ring (bicyclic) bond motifs is 5. The molecule has 3 heterocycles. The van der Waals surface area contributed by atoms with Gasteiger partial charge in [0.15, 0.2) is 0 Å². The summed E-state index contributed by atoms with van der Waals surface area (Å²) in [5.74, 6) is 0.698. The average molecular weight is 1190 g/mol. The molecule has 76 heavy (non-hydrogen) atoms. The van der Waals surface area contributed by atoms with Crippen molar-refractivity contribution >= 4 is 44.6 Å². The van der Waals surface area contributed by atoms with Gasteiger partial charge in [0.05, 0.1) is 19.2 Å². The Bertz CT molecular complexity index is 4620. The van der Waals surface area contributed by atoms with E-state index in [0.29, 0.717) is 39.0 Å². The smallest absolute Gasteiger partial charge is 0.135 e. The zero-order valence-corrected chi connectivity index (χ0v) is 46.5. The molecule has 2 aromatic heterocycles. The van der Waals surface area contributed by atoms with E-state index in [1.807, 2.05) is 79.7 Å². The van der Waals surface area contributed by atoms with E-state index in [-0.39, 0.29) is 95.4 Å². The summed E-state index contributed by atoms with van der Waals surface area (Å²) < 4.78 is 133. The minimum absolute atomic E-state index is 0. The number of benzene rings is 8. The van der Waals surface area contributed by atoms with Gasteiger partial charge in [-0.1, -0.05) is 184 Å². The molecular formula is C70H65N4OPt-3. The first kappa shape index (κ1) is 36.7. The number of rotatable bonds is 8. The standard InChI is InChI=1S/C70H65N4O.Pt/c1-67(2,3)49-39-55(46-22-13-11-14-23-46)66(56(40-49)48-32-35-58-60(38-48)70(9,10)37-36-69(58,7)8)73-45-72(62-30-19-20-31-63(62)73)50-26-21-27-51(41-50)75-52-33-34-54-53-28-17-18-29-61(53)74(64(54)42-52)65-43-59(68(4,5)6)57(44-71-65)47-24-15-12-16-25-47;/h11-35,38-40,43-45H,36-37H2,1-10H3;/q-3;/i11D,12D,13D,14D,15D,16D,17D,18D,22D,23D,24D,25D,28D,29D;. The Kier molecular flexibility index (Phi) is 9.24. The van der Waals surface area contributed by atoms with E-state index in [2.05, 4.69) is 84.9 Å². The SMILES string of the molecule is [2H]c1c([2H])c([2H])c(-c2cnc(-n3c4[c-]c(Oc5[c-]c(N6[CH-]N(c7c(-c8ccc9c(c8)C(C)(C)CCC9(C)C)cc(C(C)(C)C)cc7-c7c([2H])c([2H])c([2H])c([2H])c7[2H])c7ccccc76)ccc5)ccc4c4c([2H])c([2H])c([2H])c([2H])c43)cc2C(C)(C)C)c([2H])c1[2H].[Pt]. The molecule has 0 fully saturated rings. The van der Waals surface area contributed by atoms with E-state index in [1.54, 1.807) is 28.8 Å². The van der Waals surface area contributed by atoms with Crippen LogP contribution in [0.3, 0.4) is 0 Å². The quantitative estimate of drug-likeness (QED) is 0.142. The number of aromatic nitrogens is 2. The Labute approximate surface area is 484 Å². The summed E-state index contributed by atoms with van der Waals surface area (Å²) in [6.45, 7) is 23.1. The van der Waals surface area contributed by atoms with E-state index in [0.717, 1.165) is 40.9 Å². The van der Waals surface area contributed by atoms with Crippen molar-refractivity contribution < 1.29 is 45.0 Å². The topological polar surface area (TPSA) is 33.5 Å². The van der Waals surface area contributed by atoms with Crippen molar-refractivity contribution in [1.82, 2.24) is 9.55 Å². The largest absolute Gasteiger partial charge is 0.509 e. The Morgan fingerprint density at radius 3 is 1.88 bits per heavy atom. The normalized spacial score (nSPS) is 17.4. The number of pyridine rings is 1. The second-order valence-electron chi connectivity index (χ2n) is 23.0. The van der Waals surface area contributed by atoms with Crippen LogP contribution in [0, 0.1) is 18.8 Å². The fraction of sp³-hybridized carbons (Fsp3) is 0.229. The van der Waals surface area contributed by atoms with Gasteiger partial charge in [-0.2, -0.15) is 12.1 Å². The molecule has 8 aromatic carbocycles. The van der Waals surface area contributed by atoms with Crippen LogP contribution >= 0.6 is 0 Å². The first-order valence-electron chi connectivity index (χ1n) is 32.4. The minimum atomic E-state index is -0.709. The maximum atomic E-state index is 9.46. The summed E-state index contributed by atoms with van der Waals surface area (Å²) >= 11 is 0. The number of para-hydroxylation sites is 3. The van der Waals surface area contributed by atoms with Gasteiger partial charge in [-0.05, 0) is 115 Å². The van der Waals surface area contributed by atoms with Gasteiger partial charge in [-0.3, -0.25) is 0 Å². The van der Waals surface area contributed by atoms with Crippen LogP contribution in [0.2, 0.25) is 0 Å². The zero-order chi connectivity index (χ0) is 64.2. The van der Waals surface area contributed by atoms with Crippen LogP contribution in [0.25, 0.3) is 61.0 Å². The molecule has 0 atom stereocenters. The van der Waals surface area contributed by atoms with Crippen molar-refractivity contribution in [2.45, 2.75) is 104 Å². The second kappa shape index (κ2) is 19.1. The van der Waals surface area contributed by atoms with Gasteiger partial charge in [-0.15, -0.1) is 48.1 Å². The zero-order valence-electron chi connectivity index (χ0n) is 58.2. The third-order valence-corrected chi connectivity index (χ3v) is 15.0. The van der Waals surface area contributed by atoms with Crippen molar-refractivity contribution in [3.63, 3.8) is 0 Å². The minimum Gasteiger partial charge on any atom is -0.509 e. The van der Waals surface area contributed by atoms with Crippen LogP contribution in [0.15, 0.2) is 182 Å². The van der Waals surface area contributed by atoms with Gasteiger partial charge in [0.25, 0.3) is 0 Å².